The molecule has 7 heteroatoms. The van der Waals surface area contributed by atoms with Crippen LogP contribution >= 0.6 is 0 Å². The van der Waals surface area contributed by atoms with Crippen LogP contribution in [-0.2, 0) is 12.0 Å². The molecule has 2 N–H and O–H groups in total. The monoisotopic (exact) mass is 470 g/mol. The van der Waals surface area contributed by atoms with E-state index >= 15 is 0 Å². The van der Waals surface area contributed by atoms with Gasteiger partial charge >= 0.3 is 0 Å². The molecule has 0 fully saturated rings. The average Bonchev–Trinajstić information content (AvgIpc) is 3.11. The Labute approximate surface area is 206 Å². The van der Waals surface area contributed by atoms with Crippen LogP contribution in [0.15, 0.2) is 53.6 Å². The van der Waals surface area contributed by atoms with Gasteiger partial charge < -0.3 is 10.6 Å². The largest absolute Gasteiger partial charge is 0.340 e. The van der Waals surface area contributed by atoms with Gasteiger partial charge in [0.2, 0.25) is 0 Å². The third kappa shape index (κ3) is 4.14. The number of hydrogen-bond acceptors (Lipinski definition) is 5. The third-order valence-corrected chi connectivity index (χ3v) is 6.87. The first kappa shape index (κ1) is 23.3. The maximum absolute atomic E-state index is 13.3. The second-order valence-electron chi connectivity index (χ2n) is 10.5. The molecule has 1 aliphatic rings. The van der Waals surface area contributed by atoms with Crippen LogP contribution < -0.4 is 16.2 Å². The van der Waals surface area contributed by atoms with Crippen molar-refractivity contribution in [2.45, 2.75) is 65.5 Å². The molecule has 7 nitrogen and oxygen atoms in total. The Morgan fingerprint density at radius 2 is 1.86 bits per heavy atom. The van der Waals surface area contributed by atoms with Crippen LogP contribution in [0.1, 0.15) is 70.3 Å². The van der Waals surface area contributed by atoms with E-state index in [1.54, 1.807) is 10.9 Å². The molecule has 0 unspecified atom stereocenters. The highest BCUT2D eigenvalue weighted by Gasteiger charge is 2.26. The maximum atomic E-state index is 13.3. The number of anilines is 2. The SMILES string of the molecule is CC(C)c1cc(-n2c3cc(Nc4ccc5c(c4)CCNC5(C)C)ncc3c(=O)n2C(C)C)ccn1. The summed E-state index contributed by atoms with van der Waals surface area (Å²) in [5.74, 6) is 0.998. The Balaban J connectivity index is 1.61. The van der Waals surface area contributed by atoms with Gasteiger partial charge in [0.15, 0.2) is 0 Å². The van der Waals surface area contributed by atoms with Gasteiger partial charge in [-0.15, -0.1) is 0 Å². The van der Waals surface area contributed by atoms with E-state index < -0.39 is 0 Å². The third-order valence-electron chi connectivity index (χ3n) is 6.87. The van der Waals surface area contributed by atoms with E-state index in [-0.39, 0.29) is 17.1 Å². The number of benzene rings is 1. The van der Waals surface area contributed by atoms with Crippen molar-refractivity contribution in [2.75, 3.05) is 11.9 Å². The van der Waals surface area contributed by atoms with Gasteiger partial charge in [0.1, 0.15) is 5.82 Å². The molecule has 1 aliphatic heterocycles. The Morgan fingerprint density at radius 1 is 1.06 bits per heavy atom. The lowest BCUT2D eigenvalue weighted by atomic mass is 9.85. The fourth-order valence-electron chi connectivity index (χ4n) is 5.04. The van der Waals surface area contributed by atoms with E-state index in [9.17, 15) is 4.79 Å². The molecular weight excluding hydrogens is 436 g/mol. The van der Waals surface area contributed by atoms with Crippen LogP contribution in [0.3, 0.4) is 0 Å². The molecule has 0 atom stereocenters. The number of nitrogens with one attached hydrogen (secondary N) is 2. The highest BCUT2D eigenvalue weighted by molar-refractivity contribution is 5.83. The van der Waals surface area contributed by atoms with Gasteiger partial charge in [0.05, 0.1) is 16.6 Å². The highest BCUT2D eigenvalue weighted by atomic mass is 16.1. The molecule has 0 saturated carbocycles. The van der Waals surface area contributed by atoms with Crippen LogP contribution in [-0.4, -0.2) is 25.9 Å². The summed E-state index contributed by atoms with van der Waals surface area (Å²) in [6.45, 7) is 13.7. The van der Waals surface area contributed by atoms with Crippen molar-refractivity contribution in [3.63, 3.8) is 0 Å². The minimum atomic E-state index is -0.0412. The van der Waals surface area contributed by atoms with E-state index in [4.69, 9.17) is 0 Å². The van der Waals surface area contributed by atoms with Crippen molar-refractivity contribution in [3.05, 3.63) is 76.0 Å². The van der Waals surface area contributed by atoms with Gasteiger partial charge in [-0.1, -0.05) is 19.9 Å². The summed E-state index contributed by atoms with van der Waals surface area (Å²) in [5, 5.41) is 7.65. The lowest BCUT2D eigenvalue weighted by Gasteiger charge is -2.34. The number of aromatic nitrogens is 4. The molecule has 1 aromatic carbocycles. The highest BCUT2D eigenvalue weighted by Crippen LogP contribution is 2.31. The predicted molar refractivity (Wildman–Crippen MR) is 142 cm³/mol. The minimum Gasteiger partial charge on any atom is -0.340 e. The number of fused-ring (bicyclic) bond motifs is 2. The summed E-state index contributed by atoms with van der Waals surface area (Å²) < 4.78 is 3.80. The second-order valence-corrected chi connectivity index (χ2v) is 10.5. The normalized spacial score (nSPS) is 15.1. The first-order chi connectivity index (χ1) is 16.7. The van der Waals surface area contributed by atoms with Gasteiger partial charge in [-0.3, -0.25) is 9.78 Å². The topological polar surface area (TPSA) is 76.8 Å². The van der Waals surface area contributed by atoms with Gasteiger partial charge in [0, 0.05) is 41.4 Å². The molecule has 0 amide bonds. The van der Waals surface area contributed by atoms with E-state index in [0.29, 0.717) is 17.1 Å². The molecule has 0 aliphatic carbocycles. The standard InChI is InChI=1S/C28H34N6O/c1-17(2)24-14-21(10-11-29-24)34-25-15-26(30-16-22(25)27(35)33(34)18(3)4)32-20-7-8-23-19(13-20)9-12-31-28(23,5)6/h7-8,10-11,13-18,31H,9,12H2,1-6H3,(H,30,32). The van der Waals surface area contributed by atoms with E-state index in [1.807, 2.05) is 36.9 Å². The average molecular weight is 471 g/mol. The van der Waals surface area contributed by atoms with Gasteiger partial charge in [-0.25, -0.2) is 14.3 Å². The zero-order valence-electron chi connectivity index (χ0n) is 21.4. The fraction of sp³-hybridized carbons (Fsp3) is 0.393. The van der Waals surface area contributed by atoms with Crippen LogP contribution in [0.25, 0.3) is 16.6 Å². The van der Waals surface area contributed by atoms with Crippen molar-refractivity contribution in [2.24, 2.45) is 0 Å². The summed E-state index contributed by atoms with van der Waals surface area (Å²) >= 11 is 0. The fourth-order valence-corrected chi connectivity index (χ4v) is 5.04. The van der Waals surface area contributed by atoms with Crippen molar-refractivity contribution >= 4 is 22.4 Å². The van der Waals surface area contributed by atoms with Crippen LogP contribution in [0, 0.1) is 0 Å². The molecule has 35 heavy (non-hydrogen) atoms. The van der Waals surface area contributed by atoms with Gasteiger partial charge in [0.25, 0.3) is 5.56 Å². The summed E-state index contributed by atoms with van der Waals surface area (Å²) in [6.07, 6.45) is 4.50. The van der Waals surface area contributed by atoms with Crippen molar-refractivity contribution < 1.29 is 0 Å². The van der Waals surface area contributed by atoms with Crippen molar-refractivity contribution in [1.82, 2.24) is 24.6 Å². The van der Waals surface area contributed by atoms with Crippen LogP contribution in [0.2, 0.25) is 0 Å². The summed E-state index contributed by atoms with van der Waals surface area (Å²) in [4.78, 5) is 22.4. The molecular formula is C28H34N6O. The molecule has 0 saturated heterocycles. The Morgan fingerprint density at radius 3 is 2.60 bits per heavy atom. The summed E-state index contributed by atoms with van der Waals surface area (Å²) in [6, 6.07) is 12.5. The number of pyridine rings is 2. The quantitative estimate of drug-likeness (QED) is 0.408. The van der Waals surface area contributed by atoms with E-state index in [0.717, 1.165) is 35.6 Å². The molecule has 182 valence electrons. The Kier molecular flexibility index (Phi) is 5.75. The zero-order chi connectivity index (χ0) is 24.9. The second kappa shape index (κ2) is 8.64. The first-order valence-electron chi connectivity index (χ1n) is 12.4. The Bertz CT molecular complexity index is 1460. The zero-order valence-corrected chi connectivity index (χ0v) is 21.4. The molecule has 0 spiro atoms. The molecule has 0 radical (unpaired) electrons. The van der Waals surface area contributed by atoms with Crippen molar-refractivity contribution in [1.29, 1.82) is 0 Å². The molecule has 4 heterocycles. The number of nitrogens with zero attached hydrogens (tertiary/aromatic N) is 4. The van der Waals surface area contributed by atoms with E-state index in [1.165, 1.54) is 11.1 Å². The molecule has 3 aromatic heterocycles. The lowest BCUT2D eigenvalue weighted by molar-refractivity contribution is 0.382. The molecule has 5 rings (SSSR count). The van der Waals surface area contributed by atoms with Crippen LogP contribution in [0.4, 0.5) is 11.5 Å². The lowest BCUT2D eigenvalue weighted by Crippen LogP contribution is -2.42. The predicted octanol–water partition coefficient (Wildman–Crippen LogP) is 5.41. The Hall–Kier alpha value is -3.45. The molecule has 0 bridgehead atoms. The molecule has 4 aromatic rings. The maximum Gasteiger partial charge on any atom is 0.276 e. The van der Waals surface area contributed by atoms with Gasteiger partial charge in [-0.2, -0.15) is 0 Å². The van der Waals surface area contributed by atoms with E-state index in [2.05, 4.69) is 72.6 Å². The number of rotatable bonds is 5. The van der Waals surface area contributed by atoms with Gasteiger partial charge in [-0.05, 0) is 82.0 Å². The first-order valence-corrected chi connectivity index (χ1v) is 12.4. The summed E-state index contributed by atoms with van der Waals surface area (Å²) in [7, 11) is 0. The smallest absolute Gasteiger partial charge is 0.276 e. The van der Waals surface area contributed by atoms with Crippen LogP contribution in [0.5, 0.6) is 0 Å². The minimum absolute atomic E-state index is 0.0143. The number of hydrogen-bond donors (Lipinski definition) is 2. The van der Waals surface area contributed by atoms with Crippen molar-refractivity contribution in [3.8, 4) is 5.69 Å². The summed E-state index contributed by atoms with van der Waals surface area (Å²) in [5.41, 5.74) is 6.34.